The van der Waals surface area contributed by atoms with Crippen LogP contribution in [0.3, 0.4) is 0 Å². The van der Waals surface area contributed by atoms with E-state index < -0.39 is 5.91 Å². The molecule has 33 heavy (non-hydrogen) atoms. The van der Waals surface area contributed by atoms with Crippen LogP contribution in [0.5, 0.6) is 5.75 Å². The van der Waals surface area contributed by atoms with Gasteiger partial charge in [0.15, 0.2) is 6.61 Å². The van der Waals surface area contributed by atoms with Gasteiger partial charge < -0.3 is 14.6 Å². The van der Waals surface area contributed by atoms with Crippen molar-refractivity contribution in [2.45, 2.75) is 45.6 Å². The van der Waals surface area contributed by atoms with Gasteiger partial charge in [0.05, 0.1) is 12.8 Å². The molecule has 1 aliphatic carbocycles. The van der Waals surface area contributed by atoms with E-state index in [0.717, 1.165) is 29.3 Å². The van der Waals surface area contributed by atoms with Gasteiger partial charge in [-0.25, -0.2) is 5.43 Å². The van der Waals surface area contributed by atoms with Gasteiger partial charge in [0, 0.05) is 28.7 Å². The molecule has 0 saturated carbocycles. The monoisotopic (exact) mass is 446 g/mol. The van der Waals surface area contributed by atoms with Gasteiger partial charge in [0.25, 0.3) is 11.8 Å². The number of rotatable bonds is 8. The Bertz CT molecular complexity index is 1180. The Morgan fingerprint density at radius 1 is 1.09 bits per heavy atom. The zero-order chi connectivity index (χ0) is 23.2. The topological polar surface area (TPSA) is 84.7 Å². The zero-order valence-electron chi connectivity index (χ0n) is 19.1. The number of carbonyl (C=O) groups excluding carboxylic acids is 2. The van der Waals surface area contributed by atoms with E-state index in [-0.39, 0.29) is 19.1 Å². The average Bonchev–Trinajstić information content (AvgIpc) is 3.20. The number of hydrazone groups is 1. The number of hydrogen-bond acceptors (Lipinski definition) is 4. The van der Waals surface area contributed by atoms with E-state index >= 15 is 0 Å². The van der Waals surface area contributed by atoms with Gasteiger partial charge in [-0.1, -0.05) is 24.3 Å². The second-order valence-electron chi connectivity index (χ2n) is 8.60. The smallest absolute Gasteiger partial charge is 0.259 e. The van der Waals surface area contributed by atoms with Gasteiger partial charge in [-0.05, 0) is 68.9 Å². The van der Waals surface area contributed by atoms with Crippen molar-refractivity contribution in [3.8, 4) is 5.75 Å². The largest absolute Gasteiger partial charge is 0.484 e. The highest BCUT2D eigenvalue weighted by Crippen LogP contribution is 2.25. The molecule has 3 aromatic rings. The van der Waals surface area contributed by atoms with Crippen molar-refractivity contribution in [3.05, 3.63) is 65.4 Å². The summed E-state index contributed by atoms with van der Waals surface area (Å²) in [5, 5.41) is 7.68. The van der Waals surface area contributed by atoms with Crippen LogP contribution < -0.4 is 15.5 Å². The number of fused-ring (bicyclic) bond motifs is 2. The first-order chi connectivity index (χ1) is 16.0. The third-order valence-electron chi connectivity index (χ3n) is 5.86. The lowest BCUT2D eigenvalue weighted by atomic mass is 9.92. The van der Waals surface area contributed by atoms with Crippen molar-refractivity contribution in [2.75, 3.05) is 13.2 Å². The van der Waals surface area contributed by atoms with E-state index in [4.69, 9.17) is 4.74 Å². The Hall–Kier alpha value is -3.61. The van der Waals surface area contributed by atoms with E-state index in [1.54, 1.807) is 6.21 Å². The molecule has 2 aromatic carbocycles. The van der Waals surface area contributed by atoms with Crippen molar-refractivity contribution in [1.29, 1.82) is 0 Å². The summed E-state index contributed by atoms with van der Waals surface area (Å²) in [6.45, 7) is 3.93. The van der Waals surface area contributed by atoms with Crippen LogP contribution in [-0.2, 0) is 22.4 Å². The maximum Gasteiger partial charge on any atom is 0.259 e. The predicted molar refractivity (Wildman–Crippen MR) is 130 cm³/mol. The SMILES string of the molecule is CC(C)n1cc(/C=N\NC(=O)CNC(=O)COc2ccc3c(c2)CCCC3)c2ccccc21. The summed E-state index contributed by atoms with van der Waals surface area (Å²) in [7, 11) is 0. The van der Waals surface area contributed by atoms with Crippen LogP contribution in [0, 0.1) is 0 Å². The first kappa shape index (κ1) is 22.6. The molecule has 0 bridgehead atoms. The Balaban J connectivity index is 1.24. The minimum atomic E-state index is -0.402. The Labute approximate surface area is 193 Å². The average molecular weight is 447 g/mol. The van der Waals surface area contributed by atoms with Crippen molar-refractivity contribution in [2.24, 2.45) is 5.10 Å². The summed E-state index contributed by atoms with van der Waals surface area (Å²) in [5.74, 6) is -0.0757. The van der Waals surface area contributed by atoms with Crippen LogP contribution in [0.15, 0.2) is 53.8 Å². The number of aryl methyl sites for hydroxylation is 2. The molecule has 4 rings (SSSR count). The Morgan fingerprint density at radius 3 is 2.70 bits per heavy atom. The van der Waals surface area contributed by atoms with E-state index in [0.29, 0.717) is 11.8 Å². The number of amides is 2. The molecule has 2 N–H and O–H groups in total. The molecule has 0 atom stereocenters. The quantitative estimate of drug-likeness (QED) is 0.408. The number of nitrogens with zero attached hydrogens (tertiary/aromatic N) is 2. The molecule has 0 radical (unpaired) electrons. The second-order valence-corrected chi connectivity index (χ2v) is 8.60. The molecule has 0 saturated heterocycles. The highest BCUT2D eigenvalue weighted by molar-refractivity contribution is 5.99. The molecular weight excluding hydrogens is 416 g/mol. The van der Waals surface area contributed by atoms with Crippen LogP contribution in [-0.4, -0.2) is 35.7 Å². The van der Waals surface area contributed by atoms with Gasteiger partial charge >= 0.3 is 0 Å². The van der Waals surface area contributed by atoms with E-state index in [2.05, 4.69) is 46.4 Å². The summed E-state index contributed by atoms with van der Waals surface area (Å²) < 4.78 is 7.76. The van der Waals surface area contributed by atoms with Gasteiger partial charge in [0.2, 0.25) is 0 Å². The molecule has 172 valence electrons. The summed E-state index contributed by atoms with van der Waals surface area (Å²) in [4.78, 5) is 24.1. The molecule has 0 fully saturated rings. The van der Waals surface area contributed by atoms with Gasteiger partial charge in [-0.2, -0.15) is 5.10 Å². The first-order valence-corrected chi connectivity index (χ1v) is 11.4. The fraction of sp³-hybridized carbons (Fsp3) is 0.346. The van der Waals surface area contributed by atoms with E-state index in [9.17, 15) is 9.59 Å². The van der Waals surface area contributed by atoms with Crippen molar-refractivity contribution in [1.82, 2.24) is 15.3 Å². The summed E-state index contributed by atoms with van der Waals surface area (Å²) in [5.41, 5.74) is 7.16. The molecule has 7 nitrogen and oxygen atoms in total. The maximum absolute atomic E-state index is 12.1. The van der Waals surface area contributed by atoms with Gasteiger partial charge in [-0.15, -0.1) is 0 Å². The molecular formula is C26H30N4O3. The minimum absolute atomic E-state index is 0.135. The lowest BCUT2D eigenvalue weighted by molar-refractivity contribution is -0.127. The standard InChI is InChI=1S/C26H30N4O3/c1-18(2)30-16-21(23-9-5-6-10-24(23)30)14-28-29-25(31)15-27-26(32)17-33-22-12-11-19-7-3-4-8-20(19)13-22/h5-6,9-14,16,18H,3-4,7-8,15,17H2,1-2H3,(H,27,32)(H,29,31)/b28-14-. The first-order valence-electron chi connectivity index (χ1n) is 11.4. The molecule has 2 amide bonds. The molecule has 1 aromatic heterocycles. The lowest BCUT2D eigenvalue weighted by Crippen LogP contribution is -2.37. The Kier molecular flexibility index (Phi) is 7.07. The third kappa shape index (κ3) is 5.61. The number of ether oxygens (including phenoxy) is 1. The summed E-state index contributed by atoms with van der Waals surface area (Å²) in [6, 6.07) is 14.4. The highest BCUT2D eigenvalue weighted by atomic mass is 16.5. The fourth-order valence-electron chi connectivity index (χ4n) is 4.15. The molecule has 0 spiro atoms. The molecule has 1 aliphatic rings. The Morgan fingerprint density at radius 2 is 1.88 bits per heavy atom. The summed E-state index contributed by atoms with van der Waals surface area (Å²) in [6.07, 6.45) is 8.22. The third-order valence-corrected chi connectivity index (χ3v) is 5.86. The van der Waals surface area contributed by atoms with Crippen LogP contribution in [0.25, 0.3) is 10.9 Å². The molecule has 1 heterocycles. The van der Waals surface area contributed by atoms with E-state index in [1.165, 1.54) is 24.0 Å². The van der Waals surface area contributed by atoms with Crippen LogP contribution in [0.4, 0.5) is 0 Å². The fourth-order valence-corrected chi connectivity index (χ4v) is 4.15. The maximum atomic E-state index is 12.1. The number of benzene rings is 2. The van der Waals surface area contributed by atoms with Crippen molar-refractivity contribution < 1.29 is 14.3 Å². The number of nitrogens with one attached hydrogen (secondary N) is 2. The van der Waals surface area contributed by atoms with Crippen LogP contribution >= 0.6 is 0 Å². The predicted octanol–water partition coefficient (Wildman–Crippen LogP) is 3.75. The van der Waals surface area contributed by atoms with Crippen LogP contribution in [0.2, 0.25) is 0 Å². The van der Waals surface area contributed by atoms with Crippen molar-refractivity contribution >= 4 is 28.9 Å². The normalized spacial score (nSPS) is 13.3. The van der Waals surface area contributed by atoms with Gasteiger partial charge in [0.1, 0.15) is 5.75 Å². The molecule has 7 heteroatoms. The highest BCUT2D eigenvalue weighted by Gasteiger charge is 2.12. The molecule has 0 aliphatic heterocycles. The lowest BCUT2D eigenvalue weighted by Gasteiger charge is -2.16. The zero-order valence-corrected chi connectivity index (χ0v) is 19.1. The minimum Gasteiger partial charge on any atom is -0.484 e. The second kappa shape index (κ2) is 10.3. The number of para-hydroxylation sites is 1. The summed E-state index contributed by atoms with van der Waals surface area (Å²) >= 11 is 0. The number of carbonyl (C=O) groups is 2. The number of hydrogen-bond donors (Lipinski definition) is 2. The van der Waals surface area contributed by atoms with Gasteiger partial charge in [-0.3, -0.25) is 9.59 Å². The van der Waals surface area contributed by atoms with Crippen molar-refractivity contribution in [3.63, 3.8) is 0 Å². The number of aromatic nitrogens is 1. The van der Waals surface area contributed by atoms with Crippen LogP contribution in [0.1, 0.15) is 49.4 Å². The van der Waals surface area contributed by atoms with E-state index in [1.807, 2.05) is 36.5 Å². The molecule has 0 unspecified atom stereocenters.